The largest absolute Gasteiger partial charge is 0.469 e. The van der Waals surface area contributed by atoms with E-state index in [0.717, 1.165) is 31.4 Å². The van der Waals surface area contributed by atoms with Crippen molar-refractivity contribution in [3.63, 3.8) is 0 Å². The topological polar surface area (TPSA) is 38.2 Å². The molecule has 2 aliphatic heterocycles. The van der Waals surface area contributed by atoms with Crippen molar-refractivity contribution in [3.05, 3.63) is 23.2 Å². The maximum Gasteiger partial charge on any atom is 0.110 e. The van der Waals surface area contributed by atoms with Crippen molar-refractivity contribution in [1.29, 1.82) is 0 Å². The van der Waals surface area contributed by atoms with Crippen LogP contribution in [0, 0.1) is 6.92 Å². The van der Waals surface area contributed by atoms with E-state index >= 15 is 0 Å². The van der Waals surface area contributed by atoms with Crippen LogP contribution in [0.3, 0.4) is 0 Å². The van der Waals surface area contributed by atoms with Crippen molar-refractivity contribution >= 4 is 0 Å². The summed E-state index contributed by atoms with van der Waals surface area (Å²) >= 11 is 0. The highest BCUT2D eigenvalue weighted by molar-refractivity contribution is 5.32. The number of ether oxygens (including phenoxy) is 2. The number of hydrogen-bond acceptors (Lipinski definition) is 3. The van der Waals surface area contributed by atoms with Gasteiger partial charge in [0.2, 0.25) is 0 Å². The van der Waals surface area contributed by atoms with Crippen LogP contribution in [0.5, 0.6) is 0 Å². The Kier molecular flexibility index (Phi) is 1.97. The lowest BCUT2D eigenvalue weighted by atomic mass is 9.88. The quantitative estimate of drug-likeness (QED) is 0.663. The van der Waals surface area contributed by atoms with Gasteiger partial charge in [0.05, 0.1) is 29.7 Å². The SMILES string of the molecule is Cc1coc2c1C[C@@H]1O[C@]1(C)CC[C@@H]1O[C@@]1(C)C2. The van der Waals surface area contributed by atoms with Gasteiger partial charge in [-0.25, -0.2) is 0 Å². The predicted molar refractivity (Wildman–Crippen MR) is 66.6 cm³/mol. The highest BCUT2D eigenvalue weighted by Gasteiger charge is 2.58. The monoisotopic (exact) mass is 248 g/mol. The number of hydrogen-bond donors (Lipinski definition) is 0. The lowest BCUT2D eigenvalue weighted by Gasteiger charge is -2.11. The zero-order valence-electron chi connectivity index (χ0n) is 11.3. The summed E-state index contributed by atoms with van der Waals surface area (Å²) in [6.45, 7) is 6.56. The van der Waals surface area contributed by atoms with E-state index in [-0.39, 0.29) is 11.2 Å². The third-order valence-corrected chi connectivity index (χ3v) is 5.07. The summed E-state index contributed by atoms with van der Waals surface area (Å²) in [5.74, 6) is 1.11. The summed E-state index contributed by atoms with van der Waals surface area (Å²) in [4.78, 5) is 0. The fourth-order valence-electron chi connectivity index (χ4n) is 3.45. The van der Waals surface area contributed by atoms with Gasteiger partial charge in [0.1, 0.15) is 5.76 Å². The first-order valence-corrected chi connectivity index (χ1v) is 6.92. The average molecular weight is 248 g/mol. The van der Waals surface area contributed by atoms with E-state index in [1.807, 2.05) is 6.26 Å². The number of rotatable bonds is 0. The van der Waals surface area contributed by atoms with E-state index in [1.165, 1.54) is 11.1 Å². The summed E-state index contributed by atoms with van der Waals surface area (Å²) in [5, 5.41) is 0. The molecule has 0 N–H and O–H groups in total. The number of furan rings is 1. The molecule has 3 aliphatic rings. The lowest BCUT2D eigenvalue weighted by molar-refractivity contribution is 0.268. The fraction of sp³-hybridized carbons (Fsp3) is 0.733. The molecule has 3 heterocycles. The van der Waals surface area contributed by atoms with Crippen LogP contribution in [0.2, 0.25) is 0 Å². The van der Waals surface area contributed by atoms with Crippen LogP contribution >= 0.6 is 0 Å². The van der Waals surface area contributed by atoms with Gasteiger partial charge in [-0.1, -0.05) is 0 Å². The molecule has 3 heteroatoms. The molecule has 0 spiro atoms. The summed E-state index contributed by atoms with van der Waals surface area (Å²) in [7, 11) is 0. The zero-order chi connectivity index (χ0) is 12.5. The molecule has 0 saturated carbocycles. The third-order valence-electron chi connectivity index (χ3n) is 5.07. The third kappa shape index (κ3) is 1.50. The van der Waals surface area contributed by atoms with Crippen LogP contribution in [-0.4, -0.2) is 23.4 Å². The average Bonchev–Trinajstić information content (AvgIpc) is 3.11. The van der Waals surface area contributed by atoms with Crippen LogP contribution in [0.4, 0.5) is 0 Å². The van der Waals surface area contributed by atoms with Gasteiger partial charge in [-0.15, -0.1) is 0 Å². The Labute approximate surface area is 107 Å². The molecule has 0 unspecified atom stereocenters. The van der Waals surface area contributed by atoms with Gasteiger partial charge in [-0.05, 0) is 44.7 Å². The molecule has 0 bridgehead atoms. The second-order valence-corrected chi connectivity index (χ2v) is 6.58. The summed E-state index contributed by atoms with van der Waals surface area (Å²) < 4.78 is 17.6. The molecule has 0 amide bonds. The Balaban J connectivity index is 1.71. The van der Waals surface area contributed by atoms with Crippen LogP contribution in [0.25, 0.3) is 0 Å². The van der Waals surface area contributed by atoms with E-state index in [9.17, 15) is 0 Å². The molecular formula is C15H20O3. The second kappa shape index (κ2) is 3.20. The molecule has 4 atom stereocenters. The maximum atomic E-state index is 5.92. The Hall–Kier alpha value is -0.800. The van der Waals surface area contributed by atoms with E-state index in [4.69, 9.17) is 13.9 Å². The van der Waals surface area contributed by atoms with Gasteiger partial charge in [0, 0.05) is 12.8 Å². The molecule has 98 valence electrons. The van der Waals surface area contributed by atoms with E-state index in [1.54, 1.807) is 0 Å². The smallest absolute Gasteiger partial charge is 0.110 e. The lowest BCUT2D eigenvalue weighted by Crippen LogP contribution is -2.20. The molecule has 2 saturated heterocycles. The first-order valence-electron chi connectivity index (χ1n) is 6.92. The van der Waals surface area contributed by atoms with Gasteiger partial charge >= 0.3 is 0 Å². The second-order valence-electron chi connectivity index (χ2n) is 6.58. The van der Waals surface area contributed by atoms with Crippen LogP contribution in [0.15, 0.2) is 10.7 Å². The summed E-state index contributed by atoms with van der Waals surface area (Å²) in [6, 6.07) is 0. The molecule has 0 aromatic carbocycles. The zero-order valence-corrected chi connectivity index (χ0v) is 11.3. The highest BCUT2D eigenvalue weighted by atomic mass is 16.6. The Bertz CT molecular complexity index is 506. The minimum absolute atomic E-state index is 0.00285. The first-order chi connectivity index (χ1) is 8.50. The standard InChI is InChI=1S/C15H20O3/c1-9-8-16-11-7-15(3)12(17-15)4-5-14(2)13(18-14)6-10(9)11/h8,12-13H,4-7H2,1-3H3/t12-,13-,14+,15-/m0/s1. The van der Waals surface area contributed by atoms with Crippen molar-refractivity contribution in [2.75, 3.05) is 0 Å². The molecule has 1 aliphatic carbocycles. The summed E-state index contributed by atoms with van der Waals surface area (Å²) in [6.07, 6.45) is 6.76. The van der Waals surface area contributed by atoms with E-state index in [0.29, 0.717) is 12.2 Å². The number of aryl methyl sites for hydroxylation is 1. The fourth-order valence-corrected chi connectivity index (χ4v) is 3.45. The molecular weight excluding hydrogens is 228 g/mol. The molecule has 1 aromatic rings. The van der Waals surface area contributed by atoms with Crippen LogP contribution in [0.1, 0.15) is 43.6 Å². The summed E-state index contributed by atoms with van der Waals surface area (Å²) in [5.41, 5.74) is 2.67. The number of epoxide rings is 2. The highest BCUT2D eigenvalue weighted by Crippen LogP contribution is 2.50. The van der Waals surface area contributed by atoms with Crippen LogP contribution < -0.4 is 0 Å². The van der Waals surface area contributed by atoms with E-state index < -0.39 is 0 Å². The van der Waals surface area contributed by atoms with Crippen molar-refractivity contribution < 1.29 is 13.9 Å². The van der Waals surface area contributed by atoms with Gasteiger partial charge < -0.3 is 13.9 Å². The Morgan fingerprint density at radius 2 is 1.94 bits per heavy atom. The normalized spacial score (nSPS) is 45.7. The first kappa shape index (κ1) is 11.1. The van der Waals surface area contributed by atoms with Crippen molar-refractivity contribution in [1.82, 2.24) is 0 Å². The minimum Gasteiger partial charge on any atom is -0.469 e. The molecule has 2 fully saturated rings. The molecule has 3 nitrogen and oxygen atoms in total. The predicted octanol–water partition coefficient (Wildman–Crippen LogP) is 2.78. The van der Waals surface area contributed by atoms with Gasteiger partial charge in [0.15, 0.2) is 0 Å². The molecule has 0 radical (unpaired) electrons. The van der Waals surface area contributed by atoms with Crippen molar-refractivity contribution in [2.24, 2.45) is 0 Å². The van der Waals surface area contributed by atoms with Crippen molar-refractivity contribution in [3.8, 4) is 0 Å². The number of fused-ring (bicyclic) bond motifs is 3. The van der Waals surface area contributed by atoms with Gasteiger partial charge in [0.25, 0.3) is 0 Å². The Morgan fingerprint density at radius 1 is 1.17 bits per heavy atom. The maximum absolute atomic E-state index is 5.92. The van der Waals surface area contributed by atoms with Gasteiger partial charge in [-0.2, -0.15) is 0 Å². The Morgan fingerprint density at radius 3 is 2.78 bits per heavy atom. The van der Waals surface area contributed by atoms with Gasteiger partial charge in [-0.3, -0.25) is 0 Å². The molecule has 4 rings (SSSR count). The molecule has 18 heavy (non-hydrogen) atoms. The van der Waals surface area contributed by atoms with Crippen molar-refractivity contribution in [2.45, 2.75) is 69.9 Å². The minimum atomic E-state index is -0.00285. The van der Waals surface area contributed by atoms with Crippen LogP contribution in [-0.2, 0) is 22.3 Å². The van der Waals surface area contributed by atoms with E-state index in [2.05, 4.69) is 20.8 Å². The molecule has 1 aromatic heterocycles.